The summed E-state index contributed by atoms with van der Waals surface area (Å²) in [4.78, 5) is 10.3. The number of nitrogens with two attached hydrogens (primary N) is 1. The number of aliphatic hydroxyl groups is 1. The minimum absolute atomic E-state index is 0.240. The number of aromatic nitrogens is 2. The van der Waals surface area contributed by atoms with Crippen LogP contribution in [0.25, 0.3) is 0 Å². The predicted molar refractivity (Wildman–Crippen MR) is 57.2 cm³/mol. The molecule has 1 aliphatic heterocycles. The van der Waals surface area contributed by atoms with Crippen LogP contribution in [-0.4, -0.2) is 34.8 Å². The zero-order valence-electron chi connectivity index (χ0n) is 8.43. The molecule has 0 radical (unpaired) electrons. The number of nitrogens with zero attached hydrogens (tertiary/aromatic N) is 3. The van der Waals surface area contributed by atoms with Gasteiger partial charge in [-0.15, -0.1) is 0 Å². The molecule has 0 amide bonds. The maximum atomic E-state index is 9.04. The largest absolute Gasteiger partial charge is 0.396 e. The molecule has 2 rings (SSSR count). The molecule has 15 heavy (non-hydrogen) atoms. The molecule has 1 saturated heterocycles. The van der Waals surface area contributed by atoms with Gasteiger partial charge in [0.25, 0.3) is 0 Å². The lowest BCUT2D eigenvalue weighted by Gasteiger charge is -2.17. The lowest BCUT2D eigenvalue weighted by molar-refractivity contribution is 0.238. The van der Waals surface area contributed by atoms with E-state index in [0.717, 1.165) is 25.3 Å². The molecule has 1 aliphatic rings. The van der Waals surface area contributed by atoms with Crippen molar-refractivity contribution in [3.63, 3.8) is 0 Å². The number of rotatable bonds is 3. The molecule has 0 aromatic carbocycles. The van der Waals surface area contributed by atoms with E-state index in [1.807, 2.05) is 6.07 Å². The Balaban J connectivity index is 2.09. The van der Waals surface area contributed by atoms with Crippen molar-refractivity contribution in [2.45, 2.75) is 6.42 Å². The Kier molecular flexibility index (Phi) is 2.98. The molecule has 6 heteroatoms. The second-order valence-corrected chi connectivity index (χ2v) is 3.67. The summed E-state index contributed by atoms with van der Waals surface area (Å²) in [5, 5.41) is 9.04. The van der Waals surface area contributed by atoms with Gasteiger partial charge in [0.05, 0.1) is 0 Å². The topological polar surface area (TPSA) is 87.3 Å². The first-order valence-corrected chi connectivity index (χ1v) is 4.99. The van der Waals surface area contributed by atoms with Crippen LogP contribution in [0.5, 0.6) is 0 Å². The standard InChI is InChI=1S/C9H15N5O/c10-13-9-11-3-1-8(12-9)14-4-2-7(5-14)6-15/h1,3,7,15H,2,4-6,10H2,(H,11,12,13). The van der Waals surface area contributed by atoms with Gasteiger partial charge in [0.1, 0.15) is 5.82 Å². The van der Waals surface area contributed by atoms with Crippen LogP contribution >= 0.6 is 0 Å². The highest BCUT2D eigenvalue weighted by atomic mass is 16.3. The summed E-state index contributed by atoms with van der Waals surface area (Å²) in [5.41, 5.74) is 2.42. The molecule has 4 N–H and O–H groups in total. The van der Waals surface area contributed by atoms with Gasteiger partial charge in [-0.25, -0.2) is 10.8 Å². The van der Waals surface area contributed by atoms with Gasteiger partial charge in [0, 0.05) is 31.8 Å². The lowest BCUT2D eigenvalue weighted by Crippen LogP contribution is -2.22. The molecule has 82 valence electrons. The third-order valence-electron chi connectivity index (χ3n) is 2.64. The molecule has 0 spiro atoms. The van der Waals surface area contributed by atoms with E-state index in [0.29, 0.717) is 11.9 Å². The lowest BCUT2D eigenvalue weighted by atomic mass is 10.1. The van der Waals surface area contributed by atoms with Gasteiger partial charge in [-0.3, -0.25) is 5.43 Å². The van der Waals surface area contributed by atoms with E-state index in [1.165, 1.54) is 0 Å². The van der Waals surface area contributed by atoms with Crippen molar-refractivity contribution in [2.24, 2.45) is 11.8 Å². The van der Waals surface area contributed by atoms with Crippen LogP contribution < -0.4 is 16.2 Å². The Hall–Kier alpha value is -1.40. The van der Waals surface area contributed by atoms with E-state index in [9.17, 15) is 0 Å². The highest BCUT2D eigenvalue weighted by molar-refractivity contribution is 5.42. The Morgan fingerprint density at radius 1 is 1.67 bits per heavy atom. The van der Waals surface area contributed by atoms with Gasteiger partial charge < -0.3 is 10.0 Å². The molecule has 0 saturated carbocycles. The summed E-state index contributed by atoms with van der Waals surface area (Å²) in [7, 11) is 0. The molecule has 1 fully saturated rings. The number of hydrogen-bond acceptors (Lipinski definition) is 6. The van der Waals surface area contributed by atoms with Crippen molar-refractivity contribution in [1.29, 1.82) is 0 Å². The van der Waals surface area contributed by atoms with Crippen LogP contribution in [0, 0.1) is 5.92 Å². The van der Waals surface area contributed by atoms with Crippen molar-refractivity contribution in [3.8, 4) is 0 Å². The number of aliphatic hydroxyl groups excluding tert-OH is 1. The minimum atomic E-state index is 0.240. The molecule has 1 atom stereocenters. The zero-order valence-corrected chi connectivity index (χ0v) is 8.43. The molecule has 1 aromatic heterocycles. The summed E-state index contributed by atoms with van der Waals surface area (Å²) < 4.78 is 0. The summed E-state index contributed by atoms with van der Waals surface area (Å²) >= 11 is 0. The fraction of sp³-hybridized carbons (Fsp3) is 0.556. The molecule has 1 aromatic rings. The fourth-order valence-electron chi connectivity index (χ4n) is 1.78. The number of hydrogen-bond donors (Lipinski definition) is 3. The molecule has 0 bridgehead atoms. The molecule has 6 nitrogen and oxygen atoms in total. The fourth-order valence-corrected chi connectivity index (χ4v) is 1.78. The van der Waals surface area contributed by atoms with Crippen molar-refractivity contribution >= 4 is 11.8 Å². The van der Waals surface area contributed by atoms with Crippen LogP contribution in [-0.2, 0) is 0 Å². The Bertz CT molecular complexity index is 332. The van der Waals surface area contributed by atoms with Crippen LogP contribution in [0.4, 0.5) is 11.8 Å². The third kappa shape index (κ3) is 2.16. The van der Waals surface area contributed by atoms with E-state index in [-0.39, 0.29) is 6.61 Å². The Labute approximate surface area is 88.1 Å². The van der Waals surface area contributed by atoms with E-state index >= 15 is 0 Å². The normalized spacial score (nSPS) is 20.7. The SMILES string of the molecule is NNc1nccc(N2CCC(CO)C2)n1. The average molecular weight is 209 g/mol. The summed E-state index contributed by atoms with van der Waals surface area (Å²) in [6.45, 7) is 2.01. The molecular formula is C9H15N5O. The first kappa shape index (κ1) is 10.1. The Morgan fingerprint density at radius 3 is 3.20 bits per heavy atom. The van der Waals surface area contributed by atoms with E-state index < -0.39 is 0 Å². The number of anilines is 2. The van der Waals surface area contributed by atoms with Crippen LogP contribution in [0.3, 0.4) is 0 Å². The molecule has 1 unspecified atom stereocenters. The zero-order chi connectivity index (χ0) is 10.7. The predicted octanol–water partition coefficient (Wildman–Crippen LogP) is -0.419. The third-order valence-corrected chi connectivity index (χ3v) is 2.64. The van der Waals surface area contributed by atoms with Gasteiger partial charge in [0.15, 0.2) is 0 Å². The van der Waals surface area contributed by atoms with Gasteiger partial charge >= 0.3 is 0 Å². The maximum Gasteiger partial charge on any atom is 0.239 e. The van der Waals surface area contributed by atoms with Gasteiger partial charge in [-0.2, -0.15) is 4.98 Å². The van der Waals surface area contributed by atoms with E-state index in [4.69, 9.17) is 10.9 Å². The maximum absolute atomic E-state index is 9.04. The number of nitrogens with one attached hydrogen (secondary N) is 1. The van der Waals surface area contributed by atoms with Crippen molar-refractivity contribution in [3.05, 3.63) is 12.3 Å². The van der Waals surface area contributed by atoms with Crippen LogP contribution in [0.15, 0.2) is 12.3 Å². The molecule has 0 aliphatic carbocycles. The summed E-state index contributed by atoms with van der Waals surface area (Å²) in [6, 6.07) is 1.85. The van der Waals surface area contributed by atoms with Crippen molar-refractivity contribution in [1.82, 2.24) is 9.97 Å². The summed E-state index contributed by atoms with van der Waals surface area (Å²) in [6.07, 6.45) is 2.68. The van der Waals surface area contributed by atoms with E-state index in [2.05, 4.69) is 20.3 Å². The molecular weight excluding hydrogens is 194 g/mol. The second-order valence-electron chi connectivity index (χ2n) is 3.67. The highest BCUT2D eigenvalue weighted by Gasteiger charge is 2.22. The Morgan fingerprint density at radius 2 is 2.53 bits per heavy atom. The average Bonchev–Trinajstić information content (AvgIpc) is 2.78. The first-order valence-electron chi connectivity index (χ1n) is 4.99. The van der Waals surface area contributed by atoms with Gasteiger partial charge in [-0.05, 0) is 12.5 Å². The van der Waals surface area contributed by atoms with Crippen LogP contribution in [0.2, 0.25) is 0 Å². The monoisotopic (exact) mass is 209 g/mol. The summed E-state index contributed by atoms with van der Waals surface area (Å²) in [5.74, 6) is 6.87. The first-order chi connectivity index (χ1) is 7.33. The van der Waals surface area contributed by atoms with Gasteiger partial charge in [-0.1, -0.05) is 0 Å². The minimum Gasteiger partial charge on any atom is -0.396 e. The van der Waals surface area contributed by atoms with Gasteiger partial charge in [0.2, 0.25) is 5.95 Å². The van der Waals surface area contributed by atoms with Crippen LogP contribution in [0.1, 0.15) is 6.42 Å². The quantitative estimate of drug-likeness (QED) is 0.463. The van der Waals surface area contributed by atoms with Crippen molar-refractivity contribution < 1.29 is 5.11 Å². The van der Waals surface area contributed by atoms with E-state index in [1.54, 1.807) is 6.20 Å². The van der Waals surface area contributed by atoms with Crippen molar-refractivity contribution in [2.75, 3.05) is 30.0 Å². The highest BCUT2D eigenvalue weighted by Crippen LogP contribution is 2.21. The second kappa shape index (κ2) is 4.41. The number of nitrogen functional groups attached to an aromatic ring is 1. The smallest absolute Gasteiger partial charge is 0.239 e. The molecule has 2 heterocycles. The number of hydrazine groups is 1.